The van der Waals surface area contributed by atoms with Gasteiger partial charge in [-0.1, -0.05) is 25.2 Å². The summed E-state index contributed by atoms with van der Waals surface area (Å²) < 4.78 is 5.33. The molecule has 3 N–H and O–H groups in total. The second-order valence-corrected chi connectivity index (χ2v) is 7.23. The second-order valence-electron chi connectivity index (χ2n) is 7.23. The Morgan fingerprint density at radius 1 is 1.22 bits per heavy atom. The Balaban J connectivity index is 1.67. The number of esters is 1. The average Bonchev–Trinajstić information content (AvgIpc) is 2.45. The van der Waals surface area contributed by atoms with E-state index < -0.39 is 18.3 Å². The van der Waals surface area contributed by atoms with Crippen molar-refractivity contribution in [1.82, 2.24) is 0 Å². The zero-order chi connectivity index (χ0) is 16.6. The number of fused-ring (bicyclic) bond motifs is 1. The van der Waals surface area contributed by atoms with Crippen molar-refractivity contribution < 1.29 is 24.9 Å². The molecule has 0 aromatic carbocycles. The minimum atomic E-state index is -0.601. The molecule has 1 heterocycles. The summed E-state index contributed by atoms with van der Waals surface area (Å²) in [4.78, 5) is 11.4. The summed E-state index contributed by atoms with van der Waals surface area (Å²) in [5.41, 5.74) is 1.01. The van der Waals surface area contributed by atoms with Gasteiger partial charge in [-0.05, 0) is 30.3 Å². The minimum Gasteiger partial charge on any atom is -0.462 e. The predicted molar refractivity (Wildman–Crippen MR) is 84.4 cm³/mol. The maximum Gasteiger partial charge on any atom is 0.308 e. The number of hydrogen-bond donors (Lipinski definition) is 3. The standard InChI is InChI=1S/C18H26O5/c1-10-2-3-11-6-12(19)8-16(21)18(11)15(10)5-4-14-7-13(20)9-17(22)23-14/h2-3,6,10,12-16,18-21H,4-5,7-9H2,1H3/t10-,12-,13+,14+,15-,16-,18-/m0/s1. The third-order valence-corrected chi connectivity index (χ3v) is 5.45. The molecule has 0 aromatic rings. The summed E-state index contributed by atoms with van der Waals surface area (Å²) in [5, 5.41) is 29.9. The Kier molecular flexibility index (Phi) is 4.90. The lowest BCUT2D eigenvalue weighted by atomic mass is 9.66. The van der Waals surface area contributed by atoms with Crippen molar-refractivity contribution in [2.45, 2.75) is 63.4 Å². The number of hydrogen-bond acceptors (Lipinski definition) is 5. The summed E-state index contributed by atoms with van der Waals surface area (Å²) in [7, 11) is 0. The van der Waals surface area contributed by atoms with E-state index in [0.717, 1.165) is 12.0 Å². The SMILES string of the molecule is C[C@H]1C=CC2=C[C@H](O)C[C@H](O)[C@@H]2[C@H]1CC[C@@H]1C[C@@H](O)CC(=O)O1. The average molecular weight is 322 g/mol. The molecule has 1 saturated heterocycles. The van der Waals surface area contributed by atoms with Crippen molar-refractivity contribution in [2.75, 3.05) is 0 Å². The molecule has 128 valence electrons. The molecule has 0 spiro atoms. The van der Waals surface area contributed by atoms with E-state index in [4.69, 9.17) is 4.74 Å². The fraction of sp³-hybridized carbons (Fsp3) is 0.722. The van der Waals surface area contributed by atoms with Gasteiger partial charge in [-0.2, -0.15) is 0 Å². The first-order valence-corrected chi connectivity index (χ1v) is 8.57. The van der Waals surface area contributed by atoms with Crippen LogP contribution in [0.2, 0.25) is 0 Å². The van der Waals surface area contributed by atoms with Gasteiger partial charge in [-0.15, -0.1) is 0 Å². The third-order valence-electron chi connectivity index (χ3n) is 5.45. The number of cyclic esters (lactones) is 1. The van der Waals surface area contributed by atoms with E-state index in [2.05, 4.69) is 13.0 Å². The molecule has 0 amide bonds. The van der Waals surface area contributed by atoms with Gasteiger partial charge >= 0.3 is 5.97 Å². The maximum absolute atomic E-state index is 11.4. The smallest absolute Gasteiger partial charge is 0.308 e. The fourth-order valence-electron chi connectivity index (χ4n) is 4.31. The molecule has 1 aliphatic heterocycles. The van der Waals surface area contributed by atoms with Crippen LogP contribution in [0.15, 0.2) is 23.8 Å². The van der Waals surface area contributed by atoms with Crippen molar-refractivity contribution in [3.63, 3.8) is 0 Å². The molecule has 3 aliphatic rings. The Morgan fingerprint density at radius 2 is 2.00 bits per heavy atom. The van der Waals surface area contributed by atoms with Crippen molar-refractivity contribution in [1.29, 1.82) is 0 Å². The van der Waals surface area contributed by atoms with Crippen LogP contribution in [0.25, 0.3) is 0 Å². The lowest BCUT2D eigenvalue weighted by molar-refractivity contribution is -0.160. The quantitative estimate of drug-likeness (QED) is 0.682. The van der Waals surface area contributed by atoms with Crippen LogP contribution in [0.5, 0.6) is 0 Å². The minimum absolute atomic E-state index is 0.0302. The lowest BCUT2D eigenvalue weighted by Crippen LogP contribution is -2.40. The lowest BCUT2D eigenvalue weighted by Gasteiger charge is -2.41. The summed E-state index contributed by atoms with van der Waals surface area (Å²) >= 11 is 0. The normalized spacial score (nSPS) is 43.6. The van der Waals surface area contributed by atoms with Gasteiger partial charge in [-0.3, -0.25) is 4.79 Å². The molecule has 2 aliphatic carbocycles. The van der Waals surface area contributed by atoms with Crippen LogP contribution in [0, 0.1) is 17.8 Å². The van der Waals surface area contributed by atoms with Gasteiger partial charge in [0.05, 0.1) is 24.7 Å². The number of allylic oxidation sites excluding steroid dienone is 2. The monoisotopic (exact) mass is 322 g/mol. The van der Waals surface area contributed by atoms with Gasteiger partial charge < -0.3 is 20.1 Å². The Hall–Kier alpha value is -1.17. The number of carbonyl (C=O) groups is 1. The first kappa shape index (κ1) is 16.7. The van der Waals surface area contributed by atoms with E-state index in [0.29, 0.717) is 25.2 Å². The molecule has 1 fully saturated rings. The van der Waals surface area contributed by atoms with E-state index in [1.54, 1.807) is 0 Å². The Morgan fingerprint density at radius 3 is 2.74 bits per heavy atom. The molecule has 0 aromatic heterocycles. The number of ether oxygens (including phenoxy) is 1. The predicted octanol–water partition coefficient (Wildman–Crippen LogP) is 1.32. The highest BCUT2D eigenvalue weighted by molar-refractivity contribution is 5.70. The summed E-state index contributed by atoms with van der Waals surface area (Å²) in [6, 6.07) is 0. The summed E-state index contributed by atoms with van der Waals surface area (Å²) in [6.45, 7) is 2.14. The van der Waals surface area contributed by atoms with Gasteiger partial charge in [0.1, 0.15) is 6.10 Å². The van der Waals surface area contributed by atoms with Crippen LogP contribution < -0.4 is 0 Å². The van der Waals surface area contributed by atoms with E-state index in [1.807, 2.05) is 12.2 Å². The molecule has 3 rings (SSSR count). The highest BCUT2D eigenvalue weighted by Gasteiger charge is 2.39. The fourth-order valence-corrected chi connectivity index (χ4v) is 4.31. The topological polar surface area (TPSA) is 87.0 Å². The highest BCUT2D eigenvalue weighted by Crippen LogP contribution is 2.42. The third kappa shape index (κ3) is 3.67. The number of aliphatic hydroxyl groups is 3. The Bertz CT molecular complexity index is 512. The van der Waals surface area contributed by atoms with E-state index in [9.17, 15) is 20.1 Å². The van der Waals surface area contributed by atoms with Gasteiger partial charge in [-0.25, -0.2) is 0 Å². The van der Waals surface area contributed by atoms with Crippen LogP contribution >= 0.6 is 0 Å². The van der Waals surface area contributed by atoms with Crippen molar-refractivity contribution in [2.24, 2.45) is 17.8 Å². The highest BCUT2D eigenvalue weighted by atomic mass is 16.5. The molecular weight excluding hydrogens is 296 g/mol. The van der Waals surface area contributed by atoms with Crippen LogP contribution in [-0.2, 0) is 9.53 Å². The maximum atomic E-state index is 11.4. The molecule has 0 saturated carbocycles. The zero-order valence-electron chi connectivity index (χ0n) is 13.5. The Labute approximate surface area is 136 Å². The van der Waals surface area contributed by atoms with Crippen molar-refractivity contribution >= 4 is 5.97 Å². The first-order chi connectivity index (χ1) is 10.9. The van der Waals surface area contributed by atoms with Crippen LogP contribution in [0.1, 0.15) is 39.0 Å². The summed E-state index contributed by atoms with van der Waals surface area (Å²) in [5.74, 6) is 0.284. The number of rotatable bonds is 3. The van der Waals surface area contributed by atoms with Gasteiger partial charge in [0, 0.05) is 18.8 Å². The molecule has 7 atom stereocenters. The molecule has 5 heteroatoms. The zero-order valence-corrected chi connectivity index (χ0v) is 13.5. The number of aliphatic hydroxyl groups excluding tert-OH is 3. The van der Waals surface area contributed by atoms with Crippen LogP contribution in [0.4, 0.5) is 0 Å². The first-order valence-electron chi connectivity index (χ1n) is 8.57. The number of carbonyl (C=O) groups excluding carboxylic acids is 1. The van der Waals surface area contributed by atoms with Gasteiger partial charge in [0.25, 0.3) is 0 Å². The van der Waals surface area contributed by atoms with Gasteiger partial charge in [0.15, 0.2) is 0 Å². The molecule has 23 heavy (non-hydrogen) atoms. The molecular formula is C18H26O5. The van der Waals surface area contributed by atoms with Crippen LogP contribution in [0.3, 0.4) is 0 Å². The van der Waals surface area contributed by atoms with E-state index >= 15 is 0 Å². The van der Waals surface area contributed by atoms with Crippen molar-refractivity contribution in [3.8, 4) is 0 Å². The van der Waals surface area contributed by atoms with Gasteiger partial charge in [0.2, 0.25) is 0 Å². The largest absolute Gasteiger partial charge is 0.462 e. The molecule has 0 unspecified atom stereocenters. The van der Waals surface area contributed by atoms with Crippen LogP contribution in [-0.4, -0.2) is 45.7 Å². The van der Waals surface area contributed by atoms with E-state index in [-0.39, 0.29) is 30.3 Å². The van der Waals surface area contributed by atoms with Crippen molar-refractivity contribution in [3.05, 3.63) is 23.8 Å². The van der Waals surface area contributed by atoms with E-state index in [1.165, 1.54) is 0 Å². The molecule has 5 nitrogen and oxygen atoms in total. The second kappa shape index (κ2) is 6.75. The molecule has 0 radical (unpaired) electrons. The molecule has 0 bridgehead atoms. The summed E-state index contributed by atoms with van der Waals surface area (Å²) in [6.07, 6.45) is 6.52.